The number of methoxy groups -OCH3 is 1. The number of halogens is 1. The molecule has 5 atom stereocenters. The minimum absolute atomic E-state index is 0.173. The predicted octanol–water partition coefficient (Wildman–Crippen LogP) is 6.29. The summed E-state index contributed by atoms with van der Waals surface area (Å²) in [4.78, 5) is 32.3. The molecule has 290 valence electrons. The van der Waals surface area contributed by atoms with Gasteiger partial charge in [0.1, 0.15) is 24.6 Å². The van der Waals surface area contributed by atoms with Gasteiger partial charge in [-0.3, -0.25) is 9.69 Å². The zero-order valence-corrected chi connectivity index (χ0v) is 33.1. The number of carbonyl (C=O) groups is 2. The summed E-state index contributed by atoms with van der Waals surface area (Å²) in [5, 5.41) is -0.124. The molecule has 6 rings (SSSR count). The number of sulfonamides is 1. The van der Waals surface area contributed by atoms with Crippen molar-refractivity contribution in [1.82, 2.24) is 14.5 Å². The van der Waals surface area contributed by atoms with E-state index in [1.54, 1.807) is 44.2 Å². The maximum absolute atomic E-state index is 13.6. The summed E-state index contributed by atoms with van der Waals surface area (Å²) in [6, 6.07) is 11.1. The fraction of sp³-hybridized carbons (Fsp3) is 0.600. The zero-order valence-electron chi connectivity index (χ0n) is 31.5. The van der Waals surface area contributed by atoms with Crippen molar-refractivity contribution in [2.24, 2.45) is 17.8 Å². The van der Waals surface area contributed by atoms with Crippen LogP contribution in [0.4, 0.5) is 10.5 Å². The molecule has 0 spiro atoms. The molecule has 3 aliphatic heterocycles. The Bertz CT molecular complexity index is 1770. The second-order valence-electron chi connectivity index (χ2n) is 15.4. The highest BCUT2D eigenvalue weighted by atomic mass is 35.5. The first-order chi connectivity index (χ1) is 25.4. The van der Waals surface area contributed by atoms with E-state index in [0.29, 0.717) is 50.0 Å². The number of ether oxygens (including phenoxy) is 3. The smallest absolute Gasteiger partial charge is 0.409 e. The fourth-order valence-corrected chi connectivity index (χ4v) is 9.73. The Balaban J connectivity index is 1.38. The Morgan fingerprint density at radius 2 is 1.81 bits per heavy atom. The lowest BCUT2D eigenvalue weighted by Gasteiger charge is -2.51. The minimum Gasteiger partial charge on any atom is -0.487 e. The Morgan fingerprint density at radius 1 is 0.981 bits per heavy atom. The maximum atomic E-state index is 13.6. The molecule has 1 saturated heterocycles. The van der Waals surface area contributed by atoms with Crippen molar-refractivity contribution in [3.05, 3.63) is 70.3 Å². The van der Waals surface area contributed by atoms with Crippen LogP contribution in [0.3, 0.4) is 0 Å². The number of benzene rings is 2. The third-order valence-corrected chi connectivity index (χ3v) is 14.1. The molecule has 2 bridgehead atoms. The number of cyclic esters (lactones) is 1. The largest absolute Gasteiger partial charge is 0.487 e. The van der Waals surface area contributed by atoms with Crippen LogP contribution in [0.2, 0.25) is 5.02 Å². The van der Waals surface area contributed by atoms with E-state index < -0.39 is 26.8 Å². The lowest BCUT2D eigenvalue weighted by atomic mass is 9.63. The molecule has 1 saturated carbocycles. The third-order valence-electron chi connectivity index (χ3n) is 11.9. The number of rotatable bonds is 3. The SMILES string of the molecule is CO[C@@]1(CN2CCCN(C)C(=O)OCC2)/C=C/C[C@H](C)[C@@H](C)S(=O)(=O)NC(=O)c2ccc3c(c2)N(CCCCc2cc(Cl)ccc2CO3)C[C@@H]2CC[C@H]21. The van der Waals surface area contributed by atoms with E-state index in [-0.39, 0.29) is 29.4 Å². The zero-order chi connectivity index (χ0) is 37.8. The van der Waals surface area contributed by atoms with Gasteiger partial charge in [0.25, 0.3) is 5.91 Å². The highest BCUT2D eigenvalue weighted by molar-refractivity contribution is 7.90. The van der Waals surface area contributed by atoms with Crippen LogP contribution in [0.15, 0.2) is 48.6 Å². The molecule has 0 aromatic heterocycles. The van der Waals surface area contributed by atoms with Gasteiger partial charge >= 0.3 is 6.09 Å². The van der Waals surface area contributed by atoms with Crippen molar-refractivity contribution in [2.45, 2.75) is 76.3 Å². The van der Waals surface area contributed by atoms with Gasteiger partial charge in [0.05, 0.1) is 10.9 Å². The molecule has 2 fully saturated rings. The van der Waals surface area contributed by atoms with Gasteiger partial charge in [0.2, 0.25) is 10.0 Å². The molecule has 2 aromatic carbocycles. The predicted molar refractivity (Wildman–Crippen MR) is 207 cm³/mol. The molecular weight excluding hydrogens is 716 g/mol. The lowest BCUT2D eigenvalue weighted by molar-refractivity contribution is -0.0923. The molecule has 53 heavy (non-hydrogen) atoms. The van der Waals surface area contributed by atoms with Crippen LogP contribution in [-0.4, -0.2) is 101 Å². The average Bonchev–Trinajstić information content (AvgIpc) is 3.16. The van der Waals surface area contributed by atoms with E-state index in [2.05, 4.69) is 26.7 Å². The quantitative estimate of drug-likeness (QED) is 0.360. The summed E-state index contributed by atoms with van der Waals surface area (Å²) in [5.74, 6) is 0.166. The summed E-state index contributed by atoms with van der Waals surface area (Å²) < 4.78 is 48.2. The first-order valence-corrected chi connectivity index (χ1v) is 21.0. The first-order valence-electron chi connectivity index (χ1n) is 19.1. The molecule has 0 unspecified atom stereocenters. The molecule has 1 aliphatic carbocycles. The van der Waals surface area contributed by atoms with Gasteiger partial charge in [-0.05, 0) is 111 Å². The van der Waals surface area contributed by atoms with E-state index in [9.17, 15) is 18.0 Å². The number of amides is 2. The molecule has 13 heteroatoms. The van der Waals surface area contributed by atoms with Crippen molar-refractivity contribution in [3.63, 3.8) is 0 Å². The van der Waals surface area contributed by atoms with Gasteiger partial charge in [-0.25, -0.2) is 17.9 Å². The number of nitrogens with one attached hydrogen (secondary N) is 1. The summed E-state index contributed by atoms with van der Waals surface area (Å²) >= 11 is 6.40. The van der Waals surface area contributed by atoms with Crippen LogP contribution in [-0.2, 0) is 32.5 Å². The first kappa shape index (κ1) is 39.4. The molecule has 0 radical (unpaired) electrons. The maximum Gasteiger partial charge on any atom is 0.409 e. The summed E-state index contributed by atoms with van der Waals surface area (Å²) in [6.45, 7) is 8.24. The summed E-state index contributed by atoms with van der Waals surface area (Å²) in [6.07, 6.45) is 9.96. The number of anilines is 1. The number of hydrogen-bond donors (Lipinski definition) is 1. The second-order valence-corrected chi connectivity index (χ2v) is 17.8. The minimum atomic E-state index is -4.00. The van der Waals surface area contributed by atoms with E-state index in [0.717, 1.165) is 69.4 Å². The number of allylic oxidation sites excluding steroid dienone is 1. The van der Waals surface area contributed by atoms with Gasteiger partial charge in [-0.15, -0.1) is 0 Å². The number of aryl methyl sites for hydroxylation is 1. The van der Waals surface area contributed by atoms with Crippen LogP contribution in [0.25, 0.3) is 0 Å². The number of fused-ring (bicyclic) bond motifs is 3. The molecule has 1 N–H and O–H groups in total. The standard InChI is InChI=1S/C40H55ClN4O7S/c1-28-9-7-17-40(50-4,27-44-19-8-18-43(3)39(47)51-22-21-44)35-15-12-32(35)25-45-20-6-5-10-30-23-34(41)14-11-33(30)26-52-37-16-13-31(24-36(37)45)38(46)42-53(48,49)29(28)2/h7,11,13-14,16-17,23-24,28-29,32,35H,5-6,8-10,12,15,18-22,25-27H2,1-4H3,(H,42,46)/b17-7+/t28-,29+,32-,35+,40+/m0/s1. The molecular formula is C40H55ClN4O7S. The third kappa shape index (κ3) is 9.15. The van der Waals surface area contributed by atoms with Crippen LogP contribution in [0.5, 0.6) is 5.75 Å². The molecule has 4 aliphatic rings. The Labute approximate surface area is 320 Å². The van der Waals surface area contributed by atoms with Crippen molar-refractivity contribution >= 4 is 39.3 Å². The topological polar surface area (TPSA) is 118 Å². The van der Waals surface area contributed by atoms with Crippen molar-refractivity contribution < 1.29 is 32.2 Å². The molecule has 3 heterocycles. The van der Waals surface area contributed by atoms with Gasteiger partial charge in [0.15, 0.2) is 0 Å². The normalized spacial score (nSPS) is 29.6. The highest BCUT2D eigenvalue weighted by Gasteiger charge is 2.48. The van der Waals surface area contributed by atoms with Crippen LogP contribution in [0.1, 0.15) is 73.9 Å². The van der Waals surface area contributed by atoms with Gasteiger partial charge in [-0.1, -0.05) is 36.7 Å². The van der Waals surface area contributed by atoms with Crippen molar-refractivity contribution in [3.8, 4) is 5.75 Å². The number of hydrogen-bond acceptors (Lipinski definition) is 9. The second kappa shape index (κ2) is 17.0. The van der Waals surface area contributed by atoms with E-state index in [1.807, 2.05) is 25.1 Å². The fourth-order valence-electron chi connectivity index (χ4n) is 8.25. The van der Waals surface area contributed by atoms with Crippen molar-refractivity contribution in [2.75, 3.05) is 64.9 Å². The number of nitrogens with zero attached hydrogens (tertiary/aromatic N) is 3. The van der Waals surface area contributed by atoms with E-state index in [4.69, 9.17) is 25.8 Å². The molecule has 2 amide bonds. The van der Waals surface area contributed by atoms with Gasteiger partial charge < -0.3 is 24.0 Å². The van der Waals surface area contributed by atoms with Crippen molar-refractivity contribution in [1.29, 1.82) is 0 Å². The van der Waals surface area contributed by atoms with Crippen LogP contribution in [0, 0.1) is 17.8 Å². The van der Waals surface area contributed by atoms with E-state index in [1.165, 1.54) is 5.56 Å². The summed E-state index contributed by atoms with van der Waals surface area (Å²) in [5.41, 5.74) is 2.62. The Kier molecular flexibility index (Phi) is 12.6. The number of carbonyl (C=O) groups excluding carboxylic acids is 2. The lowest BCUT2D eigenvalue weighted by Crippen LogP contribution is -2.56. The highest BCUT2D eigenvalue weighted by Crippen LogP contribution is 2.47. The molecule has 11 nitrogen and oxygen atoms in total. The summed E-state index contributed by atoms with van der Waals surface area (Å²) in [7, 11) is -0.450. The van der Waals surface area contributed by atoms with Crippen LogP contribution >= 0.6 is 11.6 Å². The Hall–Kier alpha value is -3.32. The molecule has 2 aromatic rings. The van der Waals surface area contributed by atoms with E-state index >= 15 is 0 Å². The van der Waals surface area contributed by atoms with Gasteiger partial charge in [0, 0.05) is 64.0 Å². The monoisotopic (exact) mass is 770 g/mol. The van der Waals surface area contributed by atoms with Gasteiger partial charge in [-0.2, -0.15) is 0 Å². The Morgan fingerprint density at radius 3 is 2.58 bits per heavy atom. The average molecular weight is 771 g/mol. The van der Waals surface area contributed by atoms with Crippen LogP contribution < -0.4 is 14.4 Å².